The molecule has 1 heterocycles. The van der Waals surface area contributed by atoms with Gasteiger partial charge in [0, 0.05) is 19.1 Å². The summed E-state index contributed by atoms with van der Waals surface area (Å²) in [5, 5.41) is 8.73. The first-order valence-corrected chi connectivity index (χ1v) is 5.07. The predicted octanol–water partition coefficient (Wildman–Crippen LogP) is 1.40. The summed E-state index contributed by atoms with van der Waals surface area (Å²) in [6.45, 7) is 6.86. The second-order valence-electron chi connectivity index (χ2n) is 3.45. The van der Waals surface area contributed by atoms with Crippen LogP contribution in [0.3, 0.4) is 0 Å². The van der Waals surface area contributed by atoms with Crippen molar-refractivity contribution in [3.05, 3.63) is 0 Å². The van der Waals surface area contributed by atoms with Gasteiger partial charge in [-0.2, -0.15) is 5.26 Å². The highest BCUT2D eigenvalue weighted by atomic mass is 16.5. The van der Waals surface area contributed by atoms with Crippen molar-refractivity contribution in [1.29, 1.82) is 5.26 Å². The number of nitrogens with zero attached hydrogens (tertiary/aromatic N) is 2. The summed E-state index contributed by atoms with van der Waals surface area (Å²) in [6.07, 6.45) is 2.11. The van der Waals surface area contributed by atoms with Gasteiger partial charge < -0.3 is 4.74 Å². The van der Waals surface area contributed by atoms with Crippen LogP contribution in [0.25, 0.3) is 0 Å². The molecule has 0 radical (unpaired) electrons. The Balaban J connectivity index is 2.45. The van der Waals surface area contributed by atoms with E-state index in [2.05, 4.69) is 24.8 Å². The van der Waals surface area contributed by atoms with Crippen molar-refractivity contribution >= 4 is 0 Å². The quantitative estimate of drug-likeness (QED) is 0.662. The Morgan fingerprint density at radius 1 is 1.54 bits per heavy atom. The van der Waals surface area contributed by atoms with Gasteiger partial charge in [0.25, 0.3) is 0 Å². The Morgan fingerprint density at radius 2 is 2.23 bits per heavy atom. The van der Waals surface area contributed by atoms with Crippen LogP contribution in [0.5, 0.6) is 0 Å². The van der Waals surface area contributed by atoms with Gasteiger partial charge in [0.15, 0.2) is 6.10 Å². The molecule has 0 spiro atoms. The van der Waals surface area contributed by atoms with Gasteiger partial charge in [-0.3, -0.25) is 4.90 Å². The molecule has 1 aliphatic rings. The van der Waals surface area contributed by atoms with Crippen molar-refractivity contribution in [3.8, 4) is 6.07 Å². The van der Waals surface area contributed by atoms with Crippen LogP contribution in [0.4, 0.5) is 0 Å². The van der Waals surface area contributed by atoms with Crippen LogP contribution in [0.15, 0.2) is 0 Å². The number of morpholine rings is 1. The summed E-state index contributed by atoms with van der Waals surface area (Å²) < 4.78 is 5.29. The van der Waals surface area contributed by atoms with E-state index in [9.17, 15) is 0 Å². The minimum absolute atomic E-state index is 0.214. The van der Waals surface area contributed by atoms with Gasteiger partial charge in [0.2, 0.25) is 0 Å². The molecule has 0 saturated carbocycles. The Labute approximate surface area is 80.3 Å². The Morgan fingerprint density at radius 3 is 2.77 bits per heavy atom. The van der Waals surface area contributed by atoms with Gasteiger partial charge in [-0.25, -0.2) is 0 Å². The van der Waals surface area contributed by atoms with Crippen molar-refractivity contribution in [1.82, 2.24) is 4.90 Å². The Bertz CT molecular complexity index is 184. The van der Waals surface area contributed by atoms with Gasteiger partial charge >= 0.3 is 0 Å². The minimum atomic E-state index is -0.214. The first-order chi connectivity index (χ1) is 6.31. The zero-order chi connectivity index (χ0) is 9.68. The molecule has 1 rings (SSSR count). The Hall–Kier alpha value is -0.590. The fourth-order valence-corrected chi connectivity index (χ4v) is 1.88. The topological polar surface area (TPSA) is 36.3 Å². The summed E-state index contributed by atoms with van der Waals surface area (Å²) in [6, 6.07) is 2.80. The zero-order valence-electron chi connectivity index (χ0n) is 8.49. The van der Waals surface area contributed by atoms with E-state index in [-0.39, 0.29) is 6.10 Å². The van der Waals surface area contributed by atoms with Gasteiger partial charge in [0.1, 0.15) is 0 Å². The van der Waals surface area contributed by atoms with E-state index in [1.54, 1.807) is 0 Å². The van der Waals surface area contributed by atoms with Gasteiger partial charge in [-0.1, -0.05) is 13.8 Å². The first kappa shape index (κ1) is 10.5. The first-order valence-electron chi connectivity index (χ1n) is 5.07. The van der Waals surface area contributed by atoms with Crippen LogP contribution in [0.2, 0.25) is 0 Å². The monoisotopic (exact) mass is 182 g/mol. The molecule has 3 nitrogen and oxygen atoms in total. The molecular formula is C10H18N2O. The van der Waals surface area contributed by atoms with Crippen molar-refractivity contribution in [2.24, 2.45) is 0 Å². The van der Waals surface area contributed by atoms with Crippen molar-refractivity contribution in [3.63, 3.8) is 0 Å². The van der Waals surface area contributed by atoms with E-state index < -0.39 is 0 Å². The van der Waals surface area contributed by atoms with Crippen LogP contribution >= 0.6 is 0 Å². The van der Waals surface area contributed by atoms with E-state index in [0.717, 1.165) is 25.9 Å². The maximum absolute atomic E-state index is 8.73. The third-order valence-corrected chi connectivity index (χ3v) is 2.70. The molecule has 0 aromatic heterocycles. The molecule has 3 heteroatoms. The summed E-state index contributed by atoms with van der Waals surface area (Å²) in [5.74, 6) is 0. The van der Waals surface area contributed by atoms with E-state index in [4.69, 9.17) is 10.00 Å². The highest BCUT2D eigenvalue weighted by Crippen LogP contribution is 2.13. The zero-order valence-corrected chi connectivity index (χ0v) is 8.49. The van der Waals surface area contributed by atoms with E-state index in [1.165, 1.54) is 0 Å². The summed E-state index contributed by atoms with van der Waals surface area (Å²) in [5.41, 5.74) is 0. The summed E-state index contributed by atoms with van der Waals surface area (Å²) in [4.78, 5) is 2.37. The van der Waals surface area contributed by atoms with Crippen LogP contribution in [0.1, 0.15) is 26.7 Å². The van der Waals surface area contributed by atoms with Crippen molar-refractivity contribution in [2.75, 3.05) is 19.7 Å². The van der Waals surface area contributed by atoms with Crippen molar-refractivity contribution in [2.45, 2.75) is 38.8 Å². The molecule has 0 N–H and O–H groups in total. The molecule has 0 amide bonds. The number of hydrogen-bond donors (Lipinski definition) is 0. The Kier molecular flexibility index (Phi) is 4.20. The number of ether oxygens (including phenoxy) is 1. The summed E-state index contributed by atoms with van der Waals surface area (Å²) in [7, 11) is 0. The SMILES string of the molecule is CCC(CC)N1CCOC(C#N)C1. The second-order valence-corrected chi connectivity index (χ2v) is 3.45. The van der Waals surface area contributed by atoms with Crippen LogP contribution in [-0.4, -0.2) is 36.7 Å². The highest BCUT2D eigenvalue weighted by molar-refractivity contribution is 4.90. The van der Waals surface area contributed by atoms with Gasteiger partial charge in [-0.05, 0) is 12.8 Å². The van der Waals surface area contributed by atoms with Crippen LogP contribution < -0.4 is 0 Å². The molecule has 0 aliphatic carbocycles. The molecule has 0 bridgehead atoms. The molecule has 1 saturated heterocycles. The fourth-order valence-electron chi connectivity index (χ4n) is 1.88. The minimum Gasteiger partial charge on any atom is -0.361 e. The molecule has 13 heavy (non-hydrogen) atoms. The molecule has 0 aromatic carbocycles. The maximum Gasteiger partial charge on any atom is 0.156 e. The number of hydrogen-bond acceptors (Lipinski definition) is 3. The molecule has 1 atom stereocenters. The molecular weight excluding hydrogens is 164 g/mol. The standard InChI is InChI=1S/C10H18N2O/c1-3-9(4-2)12-5-6-13-10(7-11)8-12/h9-10H,3-6,8H2,1-2H3. The fraction of sp³-hybridized carbons (Fsp3) is 0.900. The normalized spacial score (nSPS) is 24.6. The maximum atomic E-state index is 8.73. The van der Waals surface area contributed by atoms with Crippen LogP contribution in [0, 0.1) is 11.3 Å². The second kappa shape index (κ2) is 5.21. The highest BCUT2D eigenvalue weighted by Gasteiger charge is 2.23. The number of rotatable bonds is 3. The van der Waals surface area contributed by atoms with E-state index in [0.29, 0.717) is 12.6 Å². The molecule has 1 unspecified atom stereocenters. The summed E-state index contributed by atoms with van der Waals surface area (Å²) >= 11 is 0. The lowest BCUT2D eigenvalue weighted by Gasteiger charge is -2.35. The number of nitriles is 1. The van der Waals surface area contributed by atoms with E-state index in [1.807, 2.05) is 0 Å². The molecule has 1 fully saturated rings. The predicted molar refractivity (Wildman–Crippen MR) is 51.3 cm³/mol. The van der Waals surface area contributed by atoms with Gasteiger partial charge in [0.05, 0.1) is 12.7 Å². The smallest absolute Gasteiger partial charge is 0.156 e. The average Bonchev–Trinajstić information content (AvgIpc) is 2.20. The lowest BCUT2D eigenvalue weighted by Crippen LogP contribution is -2.46. The average molecular weight is 182 g/mol. The molecule has 0 aromatic rings. The molecule has 74 valence electrons. The lowest BCUT2D eigenvalue weighted by molar-refractivity contribution is -0.0182. The lowest BCUT2D eigenvalue weighted by atomic mass is 10.1. The van der Waals surface area contributed by atoms with Crippen molar-refractivity contribution < 1.29 is 4.74 Å². The van der Waals surface area contributed by atoms with Crippen LogP contribution in [-0.2, 0) is 4.74 Å². The van der Waals surface area contributed by atoms with E-state index >= 15 is 0 Å². The third kappa shape index (κ3) is 2.68. The van der Waals surface area contributed by atoms with Gasteiger partial charge in [-0.15, -0.1) is 0 Å². The largest absolute Gasteiger partial charge is 0.361 e. The molecule has 1 aliphatic heterocycles. The third-order valence-electron chi connectivity index (χ3n) is 2.70.